The van der Waals surface area contributed by atoms with Crippen LogP contribution in [-0.4, -0.2) is 63.6 Å². The van der Waals surface area contributed by atoms with Gasteiger partial charge in [-0.1, -0.05) is 30.7 Å². The minimum atomic E-state index is -0.507. The van der Waals surface area contributed by atoms with Gasteiger partial charge in [-0.15, -0.1) is 0 Å². The number of likely N-dealkylation sites (tertiary alicyclic amines) is 2. The first-order valence-electron chi connectivity index (χ1n) is 15.5. The topological polar surface area (TPSA) is 69.3 Å². The standard InChI is InChI=1S/C35H40ClFN6O/c1-24(16-25(2)37)22-44-34-9-7-28(19-32(34)36)41-35-31-18-26(6-8-33(31)39-23-40-35)27-17-29(38-20-27)21-42-14-10-30(11-15-42)43-12-4-3-5-13-43/h6-9,16-20,23,30,38H,2-5,10-15,21-22H2,1H3,(H,39,40,41)/b24-16+. The average Bonchev–Trinajstić information content (AvgIpc) is 3.49. The number of rotatable bonds is 10. The third-order valence-corrected chi connectivity index (χ3v) is 8.92. The molecule has 0 radical (unpaired) electrons. The highest BCUT2D eigenvalue weighted by atomic mass is 35.5. The summed E-state index contributed by atoms with van der Waals surface area (Å²) in [6, 6.07) is 14.7. The van der Waals surface area contributed by atoms with Crippen LogP contribution < -0.4 is 10.1 Å². The van der Waals surface area contributed by atoms with Crippen molar-refractivity contribution in [2.24, 2.45) is 0 Å². The number of fused-ring (bicyclic) bond motifs is 1. The second-order valence-corrected chi connectivity index (χ2v) is 12.4. The molecule has 4 aromatic rings. The van der Waals surface area contributed by atoms with Crippen LogP contribution in [0.5, 0.6) is 5.75 Å². The Bertz CT molecular complexity index is 1640. The fourth-order valence-corrected chi connectivity index (χ4v) is 6.57. The van der Waals surface area contributed by atoms with Crippen molar-refractivity contribution in [2.45, 2.75) is 51.6 Å². The van der Waals surface area contributed by atoms with Crippen LogP contribution in [0.15, 0.2) is 79.0 Å². The lowest BCUT2D eigenvalue weighted by molar-refractivity contribution is 0.0892. The maximum atomic E-state index is 13.0. The molecule has 0 bridgehead atoms. The van der Waals surface area contributed by atoms with E-state index in [9.17, 15) is 4.39 Å². The molecule has 2 fully saturated rings. The first-order chi connectivity index (χ1) is 21.4. The van der Waals surface area contributed by atoms with Gasteiger partial charge in [0.05, 0.1) is 10.5 Å². The summed E-state index contributed by atoms with van der Waals surface area (Å²) in [6.45, 7) is 11.1. The number of hydrogen-bond acceptors (Lipinski definition) is 6. The number of nitrogens with one attached hydrogen (secondary N) is 2. The highest BCUT2D eigenvalue weighted by Crippen LogP contribution is 2.33. The Hall–Kier alpha value is -3.72. The molecule has 2 N–H and O–H groups in total. The van der Waals surface area contributed by atoms with E-state index in [1.807, 2.05) is 12.1 Å². The molecule has 230 valence electrons. The molecule has 9 heteroatoms. The van der Waals surface area contributed by atoms with E-state index in [-0.39, 0.29) is 6.61 Å². The van der Waals surface area contributed by atoms with E-state index >= 15 is 0 Å². The second kappa shape index (κ2) is 13.9. The summed E-state index contributed by atoms with van der Waals surface area (Å²) in [4.78, 5) is 17.8. The molecule has 2 aliphatic rings. The van der Waals surface area contributed by atoms with Gasteiger partial charge in [-0.05, 0) is 105 Å². The van der Waals surface area contributed by atoms with Gasteiger partial charge in [0.1, 0.15) is 30.3 Å². The number of H-pyrrole nitrogens is 1. The van der Waals surface area contributed by atoms with Gasteiger partial charge in [0, 0.05) is 48.6 Å². The lowest BCUT2D eigenvalue weighted by Crippen LogP contribution is -2.46. The summed E-state index contributed by atoms with van der Waals surface area (Å²) in [6.07, 6.45) is 11.6. The number of hydrogen-bond donors (Lipinski definition) is 2. The predicted octanol–water partition coefficient (Wildman–Crippen LogP) is 8.28. The number of aromatic nitrogens is 3. The molecule has 0 spiro atoms. The van der Waals surface area contributed by atoms with Crippen molar-refractivity contribution in [3.05, 3.63) is 89.8 Å². The molecule has 44 heavy (non-hydrogen) atoms. The van der Waals surface area contributed by atoms with Crippen LogP contribution in [-0.2, 0) is 6.54 Å². The zero-order valence-corrected chi connectivity index (χ0v) is 26.0. The molecular weight excluding hydrogens is 575 g/mol. The molecule has 2 saturated heterocycles. The van der Waals surface area contributed by atoms with Crippen LogP contribution in [0.1, 0.15) is 44.7 Å². The first kappa shape index (κ1) is 30.3. The summed E-state index contributed by atoms with van der Waals surface area (Å²) in [7, 11) is 0. The molecule has 2 aliphatic heterocycles. The third kappa shape index (κ3) is 7.49. The van der Waals surface area contributed by atoms with Crippen LogP contribution in [0.2, 0.25) is 5.02 Å². The number of benzene rings is 2. The number of aromatic amines is 1. The van der Waals surface area contributed by atoms with Crippen molar-refractivity contribution in [1.29, 1.82) is 0 Å². The van der Waals surface area contributed by atoms with Gasteiger partial charge in [0.25, 0.3) is 0 Å². The van der Waals surface area contributed by atoms with Gasteiger partial charge in [-0.3, -0.25) is 4.90 Å². The molecule has 0 unspecified atom stereocenters. The Morgan fingerprint density at radius 2 is 1.89 bits per heavy atom. The number of piperidine rings is 2. The summed E-state index contributed by atoms with van der Waals surface area (Å²) < 4.78 is 18.8. The van der Waals surface area contributed by atoms with Crippen molar-refractivity contribution in [3.63, 3.8) is 0 Å². The van der Waals surface area contributed by atoms with Gasteiger partial charge in [-0.2, -0.15) is 0 Å². The van der Waals surface area contributed by atoms with E-state index in [0.29, 0.717) is 22.2 Å². The van der Waals surface area contributed by atoms with Crippen molar-refractivity contribution in [3.8, 4) is 16.9 Å². The van der Waals surface area contributed by atoms with Gasteiger partial charge in [0.2, 0.25) is 0 Å². The van der Waals surface area contributed by atoms with Crippen LogP contribution in [0.4, 0.5) is 15.9 Å². The van der Waals surface area contributed by atoms with Crippen LogP contribution >= 0.6 is 11.6 Å². The summed E-state index contributed by atoms with van der Waals surface area (Å²) in [5, 5.41) is 4.74. The van der Waals surface area contributed by atoms with Crippen LogP contribution in [0.25, 0.3) is 22.0 Å². The molecular formula is C35H40ClFN6O. The zero-order chi connectivity index (χ0) is 30.5. The number of nitrogens with zero attached hydrogens (tertiary/aromatic N) is 4. The Kier molecular flexibility index (Phi) is 9.60. The monoisotopic (exact) mass is 614 g/mol. The van der Waals surface area contributed by atoms with E-state index < -0.39 is 5.83 Å². The molecule has 0 atom stereocenters. The Balaban J connectivity index is 1.11. The molecule has 6 rings (SSSR count). The van der Waals surface area contributed by atoms with Gasteiger partial charge < -0.3 is 19.9 Å². The minimum absolute atomic E-state index is 0.215. The van der Waals surface area contributed by atoms with E-state index in [4.69, 9.17) is 16.3 Å². The van der Waals surface area contributed by atoms with Gasteiger partial charge in [0.15, 0.2) is 0 Å². The van der Waals surface area contributed by atoms with Crippen LogP contribution in [0, 0.1) is 0 Å². The summed E-state index contributed by atoms with van der Waals surface area (Å²) in [5.41, 5.74) is 5.80. The van der Waals surface area contributed by atoms with E-state index in [2.05, 4.69) is 61.0 Å². The minimum Gasteiger partial charge on any atom is -0.488 e. The van der Waals surface area contributed by atoms with Crippen molar-refractivity contribution >= 4 is 34.0 Å². The molecule has 2 aromatic heterocycles. The highest BCUT2D eigenvalue weighted by Gasteiger charge is 2.25. The molecule has 0 amide bonds. The van der Waals surface area contributed by atoms with Crippen molar-refractivity contribution in [1.82, 2.24) is 24.8 Å². The molecule has 0 aliphatic carbocycles. The predicted molar refractivity (Wildman–Crippen MR) is 177 cm³/mol. The van der Waals surface area contributed by atoms with Gasteiger partial charge in [-0.25, -0.2) is 14.4 Å². The SMILES string of the molecule is C=C(F)/C=C(\C)COc1ccc(Nc2ncnc3ccc(-c4c[nH]c(CN5CCC(N6CCCCC6)CC5)c4)cc23)cc1Cl. The first-order valence-corrected chi connectivity index (χ1v) is 15.9. The Labute approximate surface area is 263 Å². The highest BCUT2D eigenvalue weighted by molar-refractivity contribution is 6.32. The van der Waals surface area contributed by atoms with Gasteiger partial charge >= 0.3 is 0 Å². The lowest BCUT2D eigenvalue weighted by Gasteiger charge is -2.40. The smallest absolute Gasteiger partial charge is 0.141 e. The molecule has 0 saturated carbocycles. The zero-order valence-electron chi connectivity index (χ0n) is 25.3. The second-order valence-electron chi connectivity index (χ2n) is 12.0. The maximum absolute atomic E-state index is 13.0. The van der Waals surface area contributed by atoms with Crippen LogP contribution in [0.3, 0.4) is 0 Å². The quantitative estimate of drug-likeness (QED) is 0.175. The normalized spacial score (nSPS) is 17.2. The average molecular weight is 615 g/mol. The number of halogens is 2. The fraction of sp³-hybridized carbons (Fsp3) is 0.371. The Morgan fingerprint density at radius 3 is 2.66 bits per heavy atom. The van der Waals surface area contributed by atoms with Crippen molar-refractivity contribution in [2.75, 3.05) is 38.1 Å². The van der Waals surface area contributed by atoms with E-state index in [1.165, 1.54) is 57.0 Å². The molecule has 4 heterocycles. The van der Waals surface area contributed by atoms with E-state index in [1.54, 1.807) is 25.4 Å². The maximum Gasteiger partial charge on any atom is 0.141 e. The van der Waals surface area contributed by atoms with Crippen molar-refractivity contribution < 1.29 is 9.13 Å². The number of anilines is 2. The summed E-state index contributed by atoms with van der Waals surface area (Å²) in [5.74, 6) is 0.695. The third-order valence-electron chi connectivity index (χ3n) is 8.62. The number of allylic oxidation sites excluding steroid dienone is 2. The molecule has 2 aromatic carbocycles. The largest absolute Gasteiger partial charge is 0.488 e. The van der Waals surface area contributed by atoms with E-state index in [0.717, 1.165) is 53.4 Å². The molecule has 7 nitrogen and oxygen atoms in total. The Morgan fingerprint density at radius 1 is 1.07 bits per heavy atom. The fourth-order valence-electron chi connectivity index (χ4n) is 6.34. The number of ether oxygens (including phenoxy) is 1. The lowest BCUT2D eigenvalue weighted by atomic mass is 10.00. The summed E-state index contributed by atoms with van der Waals surface area (Å²) >= 11 is 6.51.